The van der Waals surface area contributed by atoms with Gasteiger partial charge in [0.05, 0.1) is 15.9 Å². The van der Waals surface area contributed by atoms with Crippen LogP contribution in [0.15, 0.2) is 0 Å². The topological polar surface area (TPSA) is 83.5 Å². The maximum atomic E-state index is 11.0. The molecule has 7 heteroatoms. The van der Waals surface area contributed by atoms with Crippen molar-refractivity contribution < 1.29 is 52.1 Å². The first-order valence-corrected chi connectivity index (χ1v) is 7.12. The number of unbranched alkanes of at least 4 members (excludes halogenated alkanes) is 4. The van der Waals surface area contributed by atoms with Crippen LogP contribution in [-0.4, -0.2) is 31.3 Å². The van der Waals surface area contributed by atoms with Gasteiger partial charge >= 0.3 is 35.5 Å². The minimum atomic E-state index is -4.28. The van der Waals surface area contributed by atoms with Crippen LogP contribution < -0.4 is 29.6 Å². The monoisotopic (exact) mass is 274 g/mol. The second-order valence-corrected chi connectivity index (χ2v) is 5.17. The maximum Gasteiger partial charge on any atom is 1.00 e. The van der Waals surface area contributed by atoms with E-state index in [2.05, 4.69) is 11.7 Å². The first-order chi connectivity index (χ1) is 7.45. The molecule has 0 amide bonds. The van der Waals surface area contributed by atoms with Gasteiger partial charge in [-0.1, -0.05) is 32.6 Å². The normalized spacial score (nSPS) is 10.7. The second-order valence-electron chi connectivity index (χ2n) is 3.65. The zero-order chi connectivity index (χ0) is 12.4. The van der Waals surface area contributed by atoms with Gasteiger partial charge in [-0.3, -0.25) is 4.79 Å². The fourth-order valence-electron chi connectivity index (χ4n) is 1.20. The molecule has 0 aliphatic heterocycles. The Morgan fingerprint density at radius 3 is 2.29 bits per heavy atom. The molecule has 0 heterocycles. The molecule has 0 N–H and O–H groups in total. The number of hydrogen-bond donors (Lipinski definition) is 0. The Morgan fingerprint density at radius 1 is 1.18 bits per heavy atom. The molecule has 0 saturated carbocycles. The third kappa shape index (κ3) is 16.4. The van der Waals surface area contributed by atoms with E-state index in [-0.39, 0.29) is 36.2 Å². The van der Waals surface area contributed by atoms with E-state index < -0.39 is 21.8 Å². The van der Waals surface area contributed by atoms with Gasteiger partial charge < -0.3 is 9.29 Å². The van der Waals surface area contributed by atoms with Crippen molar-refractivity contribution in [3.63, 3.8) is 0 Å². The van der Waals surface area contributed by atoms with Crippen LogP contribution in [0.25, 0.3) is 0 Å². The Kier molecular flexibility index (Phi) is 13.3. The first kappa shape index (κ1) is 19.7. The number of carbonyl (C=O) groups excluding carboxylic acids is 1. The van der Waals surface area contributed by atoms with E-state index in [4.69, 9.17) is 0 Å². The van der Waals surface area contributed by atoms with Crippen molar-refractivity contribution in [1.82, 2.24) is 0 Å². The molecule has 96 valence electrons. The molecule has 0 aromatic carbocycles. The number of esters is 1. The van der Waals surface area contributed by atoms with Crippen molar-refractivity contribution in [1.29, 1.82) is 0 Å². The Hall–Kier alpha value is 0.380. The molecular weight excluding hydrogens is 255 g/mol. The van der Waals surface area contributed by atoms with E-state index in [1.54, 1.807) is 0 Å². The molecule has 0 rings (SSSR count). The third-order valence-corrected chi connectivity index (χ3v) is 2.75. The maximum absolute atomic E-state index is 11.0. The van der Waals surface area contributed by atoms with Gasteiger partial charge in [-0.25, -0.2) is 8.42 Å². The summed E-state index contributed by atoms with van der Waals surface area (Å²) >= 11 is 0. The fraction of sp³-hybridized carbons (Fsp3) is 0.900. The van der Waals surface area contributed by atoms with E-state index in [1.165, 1.54) is 0 Å². The van der Waals surface area contributed by atoms with Gasteiger partial charge in [0, 0.05) is 6.42 Å². The zero-order valence-corrected chi connectivity index (χ0v) is 13.4. The van der Waals surface area contributed by atoms with Crippen molar-refractivity contribution in [2.75, 3.05) is 12.4 Å². The summed E-state index contributed by atoms with van der Waals surface area (Å²) in [6, 6.07) is 0. The summed E-state index contributed by atoms with van der Waals surface area (Å²) in [5, 5.41) is 0. The average molecular weight is 274 g/mol. The van der Waals surface area contributed by atoms with Gasteiger partial charge in [0.15, 0.2) is 0 Å². The molecular formula is C10H19NaO5S. The summed E-state index contributed by atoms with van der Waals surface area (Å²) in [7, 11) is -4.28. The molecule has 0 aliphatic rings. The number of hydrogen-bond acceptors (Lipinski definition) is 5. The number of ether oxygens (including phenoxy) is 1. The van der Waals surface area contributed by atoms with Gasteiger partial charge in [0.25, 0.3) is 0 Å². The first-order valence-electron chi connectivity index (χ1n) is 5.55. The van der Waals surface area contributed by atoms with Gasteiger partial charge in [-0.05, 0) is 6.42 Å². The van der Waals surface area contributed by atoms with Crippen molar-refractivity contribution >= 4 is 16.1 Å². The molecule has 0 spiro atoms. The van der Waals surface area contributed by atoms with Crippen LogP contribution in [0.5, 0.6) is 0 Å². The van der Waals surface area contributed by atoms with Crippen molar-refractivity contribution in [2.45, 2.75) is 45.4 Å². The summed E-state index contributed by atoms with van der Waals surface area (Å²) in [5.41, 5.74) is 0. The number of carbonyl (C=O) groups is 1. The molecule has 0 fully saturated rings. The molecule has 0 aromatic rings. The van der Waals surface area contributed by atoms with Crippen LogP contribution >= 0.6 is 0 Å². The molecule has 0 atom stereocenters. The van der Waals surface area contributed by atoms with Crippen LogP contribution in [0, 0.1) is 0 Å². The van der Waals surface area contributed by atoms with Gasteiger partial charge in [0.2, 0.25) is 0 Å². The standard InChI is InChI=1S/C10H20O5S.Na/c1-2-3-4-5-6-7-10(11)15-8-9-16(12,13)14;/h2-9H2,1H3,(H,12,13,14);/q;+1/p-1. The van der Waals surface area contributed by atoms with Gasteiger partial charge in [-0.15, -0.1) is 0 Å². The van der Waals surface area contributed by atoms with Crippen molar-refractivity contribution in [3.05, 3.63) is 0 Å². The predicted octanol–water partition coefficient (Wildman–Crippen LogP) is -1.56. The van der Waals surface area contributed by atoms with Crippen molar-refractivity contribution in [2.24, 2.45) is 0 Å². The summed E-state index contributed by atoms with van der Waals surface area (Å²) in [6.45, 7) is 1.78. The zero-order valence-electron chi connectivity index (χ0n) is 10.6. The SMILES string of the molecule is CCCCCCCC(=O)OCCS(=O)(=O)[O-].[Na+]. The molecule has 0 aromatic heterocycles. The second kappa shape index (κ2) is 11.5. The van der Waals surface area contributed by atoms with E-state index in [0.717, 1.165) is 32.1 Å². The predicted molar refractivity (Wildman–Crippen MR) is 58.9 cm³/mol. The minimum absolute atomic E-state index is 0. The smallest absolute Gasteiger partial charge is 0.748 e. The minimum Gasteiger partial charge on any atom is -0.748 e. The Balaban J connectivity index is 0. The van der Waals surface area contributed by atoms with Crippen LogP contribution in [-0.2, 0) is 19.6 Å². The Labute approximate surface area is 125 Å². The van der Waals surface area contributed by atoms with Crippen LogP contribution in [0.1, 0.15) is 45.4 Å². The molecule has 5 nitrogen and oxygen atoms in total. The largest absolute Gasteiger partial charge is 1.00 e. The summed E-state index contributed by atoms with van der Waals surface area (Å²) in [5.74, 6) is -1.07. The summed E-state index contributed by atoms with van der Waals surface area (Å²) < 4.78 is 35.2. The molecule has 0 aliphatic carbocycles. The average Bonchev–Trinajstić information content (AvgIpc) is 2.15. The molecule has 0 radical (unpaired) electrons. The fourth-order valence-corrected chi connectivity index (χ4v) is 1.49. The van der Waals surface area contributed by atoms with Crippen LogP contribution in [0.4, 0.5) is 0 Å². The summed E-state index contributed by atoms with van der Waals surface area (Å²) in [4.78, 5) is 11.0. The molecule has 0 saturated heterocycles. The van der Waals surface area contributed by atoms with Crippen LogP contribution in [0.3, 0.4) is 0 Å². The summed E-state index contributed by atoms with van der Waals surface area (Å²) in [6.07, 6.45) is 5.42. The van der Waals surface area contributed by atoms with Gasteiger partial charge in [0.1, 0.15) is 6.61 Å². The Morgan fingerprint density at radius 2 is 1.76 bits per heavy atom. The van der Waals surface area contributed by atoms with E-state index >= 15 is 0 Å². The third-order valence-electron chi connectivity index (χ3n) is 2.08. The van der Waals surface area contributed by atoms with Gasteiger partial charge in [-0.2, -0.15) is 0 Å². The van der Waals surface area contributed by atoms with Crippen LogP contribution in [0.2, 0.25) is 0 Å². The molecule has 17 heavy (non-hydrogen) atoms. The molecule has 0 bridgehead atoms. The van der Waals surface area contributed by atoms with Crippen molar-refractivity contribution in [3.8, 4) is 0 Å². The van der Waals surface area contributed by atoms with E-state index in [0.29, 0.717) is 6.42 Å². The Bertz CT molecular complexity index is 289. The number of rotatable bonds is 9. The van der Waals surface area contributed by atoms with E-state index in [9.17, 15) is 17.8 Å². The quantitative estimate of drug-likeness (QED) is 0.220. The molecule has 0 unspecified atom stereocenters. The van der Waals surface area contributed by atoms with E-state index in [1.807, 2.05) is 0 Å².